The first kappa shape index (κ1) is 24.3. The van der Waals surface area contributed by atoms with Gasteiger partial charge in [-0.1, -0.05) is 0 Å². The lowest BCUT2D eigenvalue weighted by molar-refractivity contribution is -0.123. The van der Waals surface area contributed by atoms with Crippen LogP contribution in [0.5, 0.6) is 0 Å². The molecule has 1 aromatic carbocycles. The number of benzene rings is 1. The molecular formula is C27H39FN2O3. The van der Waals surface area contributed by atoms with Crippen LogP contribution in [0, 0.1) is 23.6 Å². The van der Waals surface area contributed by atoms with Crippen LogP contribution < -0.4 is 5.32 Å². The highest BCUT2D eigenvalue weighted by atomic mass is 19.1. The Labute approximate surface area is 197 Å². The summed E-state index contributed by atoms with van der Waals surface area (Å²) in [4.78, 5) is 27.5. The van der Waals surface area contributed by atoms with Gasteiger partial charge in [0.25, 0.3) is 0 Å². The number of hydrogen-bond donors (Lipinski definition) is 2. The molecule has 182 valence electrons. The molecule has 0 spiro atoms. The molecule has 1 aromatic rings. The topological polar surface area (TPSA) is 69.6 Å². The molecule has 4 rings (SSSR count). The van der Waals surface area contributed by atoms with E-state index in [0.29, 0.717) is 23.9 Å². The van der Waals surface area contributed by atoms with Crippen molar-refractivity contribution in [1.29, 1.82) is 0 Å². The van der Waals surface area contributed by atoms with Crippen molar-refractivity contribution in [3.05, 3.63) is 35.6 Å². The number of carbonyl (C=O) groups excluding carboxylic acids is 2. The molecule has 1 aliphatic heterocycles. The highest BCUT2D eigenvalue weighted by Crippen LogP contribution is 2.30. The monoisotopic (exact) mass is 458 g/mol. The van der Waals surface area contributed by atoms with Crippen molar-refractivity contribution < 1.29 is 19.1 Å². The van der Waals surface area contributed by atoms with Crippen LogP contribution in [-0.2, 0) is 4.79 Å². The number of carbonyl (C=O) groups is 2. The van der Waals surface area contributed by atoms with E-state index in [0.717, 1.165) is 70.5 Å². The molecule has 6 heteroatoms. The molecule has 0 aromatic heterocycles. The van der Waals surface area contributed by atoms with Gasteiger partial charge in [-0.3, -0.25) is 9.59 Å². The van der Waals surface area contributed by atoms with Gasteiger partial charge in [-0.15, -0.1) is 0 Å². The van der Waals surface area contributed by atoms with Crippen molar-refractivity contribution in [1.82, 2.24) is 10.2 Å². The number of Topliss-reactive ketones (excluding diaryl/α,β-unsaturated/α-hetero) is 1. The predicted octanol–water partition coefficient (Wildman–Crippen LogP) is 4.34. The van der Waals surface area contributed by atoms with Gasteiger partial charge in [-0.2, -0.15) is 0 Å². The number of hydrogen-bond acceptors (Lipinski definition) is 4. The lowest BCUT2D eigenvalue weighted by atomic mass is 9.83. The number of nitrogens with zero attached hydrogens (tertiary/aromatic N) is 1. The zero-order valence-electron chi connectivity index (χ0n) is 19.7. The first-order valence-electron chi connectivity index (χ1n) is 13.0. The Hall–Kier alpha value is -1.79. The average Bonchev–Trinajstić information content (AvgIpc) is 3.23. The molecule has 3 fully saturated rings. The molecule has 3 aliphatic rings. The van der Waals surface area contributed by atoms with E-state index < -0.39 is 0 Å². The Morgan fingerprint density at radius 1 is 0.939 bits per heavy atom. The van der Waals surface area contributed by atoms with Gasteiger partial charge in [0.2, 0.25) is 5.91 Å². The van der Waals surface area contributed by atoms with Crippen LogP contribution in [0.3, 0.4) is 0 Å². The van der Waals surface area contributed by atoms with Crippen molar-refractivity contribution >= 4 is 11.7 Å². The van der Waals surface area contributed by atoms with Gasteiger partial charge in [-0.05, 0) is 120 Å². The second-order valence-corrected chi connectivity index (χ2v) is 10.6. The van der Waals surface area contributed by atoms with Gasteiger partial charge in [0.15, 0.2) is 5.78 Å². The quantitative estimate of drug-likeness (QED) is 0.569. The van der Waals surface area contributed by atoms with Crippen molar-refractivity contribution in [2.45, 2.75) is 82.8 Å². The van der Waals surface area contributed by atoms with Crippen LogP contribution in [-0.4, -0.2) is 53.5 Å². The number of aliphatic hydroxyl groups is 1. The average molecular weight is 459 g/mol. The predicted molar refractivity (Wildman–Crippen MR) is 126 cm³/mol. The molecular weight excluding hydrogens is 419 g/mol. The summed E-state index contributed by atoms with van der Waals surface area (Å²) in [6.45, 7) is 3.00. The smallest absolute Gasteiger partial charge is 0.220 e. The van der Waals surface area contributed by atoms with Crippen molar-refractivity contribution in [3.63, 3.8) is 0 Å². The van der Waals surface area contributed by atoms with Crippen molar-refractivity contribution in [3.8, 4) is 0 Å². The van der Waals surface area contributed by atoms with E-state index in [1.165, 1.54) is 31.4 Å². The molecule has 1 saturated heterocycles. The van der Waals surface area contributed by atoms with Gasteiger partial charge in [0, 0.05) is 23.9 Å². The number of piperidine rings is 1. The summed E-state index contributed by atoms with van der Waals surface area (Å²) in [6, 6.07) is 6.24. The van der Waals surface area contributed by atoms with E-state index in [4.69, 9.17) is 0 Å². The Balaban J connectivity index is 1.09. The molecule has 1 amide bonds. The number of rotatable bonds is 8. The van der Waals surface area contributed by atoms with Gasteiger partial charge in [0.1, 0.15) is 5.82 Å². The number of ketones is 1. The van der Waals surface area contributed by atoms with Crippen LogP contribution in [0.1, 0.15) is 81.0 Å². The summed E-state index contributed by atoms with van der Waals surface area (Å²) in [6.07, 6.45) is 10.4. The fourth-order valence-corrected chi connectivity index (χ4v) is 6.01. The lowest BCUT2D eigenvalue weighted by Crippen LogP contribution is -2.39. The third kappa shape index (κ3) is 7.10. The van der Waals surface area contributed by atoms with Crippen molar-refractivity contribution in [2.24, 2.45) is 17.8 Å². The zero-order valence-corrected chi connectivity index (χ0v) is 19.7. The Kier molecular flexibility index (Phi) is 8.53. The Bertz CT molecular complexity index is 783. The zero-order chi connectivity index (χ0) is 23.2. The van der Waals surface area contributed by atoms with Crippen LogP contribution in [0.25, 0.3) is 0 Å². The van der Waals surface area contributed by atoms with E-state index in [-0.39, 0.29) is 29.5 Å². The summed E-state index contributed by atoms with van der Waals surface area (Å²) < 4.78 is 13.1. The summed E-state index contributed by atoms with van der Waals surface area (Å²) in [5.41, 5.74) is 0.625. The summed E-state index contributed by atoms with van der Waals surface area (Å²) in [5, 5.41) is 12.9. The van der Waals surface area contributed by atoms with E-state index in [1.807, 2.05) is 0 Å². The fourth-order valence-electron chi connectivity index (χ4n) is 6.01. The van der Waals surface area contributed by atoms with Crippen LogP contribution >= 0.6 is 0 Å². The van der Waals surface area contributed by atoms with Crippen LogP contribution in [0.4, 0.5) is 4.39 Å². The number of aliphatic hydroxyl groups excluding tert-OH is 1. The third-order valence-electron chi connectivity index (χ3n) is 8.14. The van der Waals surface area contributed by atoms with E-state index in [1.54, 1.807) is 12.1 Å². The molecule has 1 heterocycles. The van der Waals surface area contributed by atoms with Crippen LogP contribution in [0.15, 0.2) is 24.3 Å². The van der Waals surface area contributed by atoms with E-state index in [2.05, 4.69) is 10.2 Å². The minimum atomic E-state index is -0.303. The summed E-state index contributed by atoms with van der Waals surface area (Å²) in [7, 11) is 0. The van der Waals surface area contributed by atoms with E-state index in [9.17, 15) is 19.1 Å². The third-order valence-corrected chi connectivity index (χ3v) is 8.14. The molecule has 0 bridgehead atoms. The number of amides is 1. The second kappa shape index (κ2) is 11.6. The summed E-state index contributed by atoms with van der Waals surface area (Å²) in [5.74, 6) is 1.14. The van der Waals surface area contributed by atoms with Gasteiger partial charge >= 0.3 is 0 Å². The minimum absolute atomic E-state index is 0.0539. The van der Waals surface area contributed by atoms with Gasteiger partial charge in [0.05, 0.1) is 6.10 Å². The Morgan fingerprint density at radius 3 is 2.24 bits per heavy atom. The molecule has 2 aliphatic carbocycles. The largest absolute Gasteiger partial charge is 0.393 e. The first-order valence-corrected chi connectivity index (χ1v) is 13.0. The molecule has 33 heavy (non-hydrogen) atoms. The maximum atomic E-state index is 13.1. The van der Waals surface area contributed by atoms with Crippen LogP contribution in [0.2, 0.25) is 0 Å². The normalized spacial score (nSPS) is 29.2. The highest BCUT2D eigenvalue weighted by molar-refractivity contribution is 5.97. The number of likely N-dealkylation sites (tertiary alicyclic amines) is 1. The molecule has 0 radical (unpaired) electrons. The Morgan fingerprint density at radius 2 is 1.61 bits per heavy atom. The lowest BCUT2D eigenvalue weighted by Gasteiger charge is -2.34. The number of nitrogens with one attached hydrogen (secondary N) is 1. The van der Waals surface area contributed by atoms with Crippen molar-refractivity contribution in [2.75, 3.05) is 19.6 Å². The van der Waals surface area contributed by atoms with Gasteiger partial charge < -0.3 is 15.3 Å². The minimum Gasteiger partial charge on any atom is -0.393 e. The fraction of sp³-hybridized carbons (Fsp3) is 0.704. The number of halogens is 1. The van der Waals surface area contributed by atoms with Gasteiger partial charge in [-0.25, -0.2) is 4.39 Å². The highest BCUT2D eigenvalue weighted by Gasteiger charge is 2.29. The second-order valence-electron chi connectivity index (χ2n) is 10.6. The standard InChI is InChI=1S/C27H39FN2O3/c28-23-6-4-21(5-7-23)27(33)22-12-15-30(16-13-22)14-11-19-1-8-24(9-2-19)29-26(32)18-20-3-10-25(31)17-20/h4-7,19-20,22,24-25,31H,1-3,8-18H2,(H,29,32)/t19?,20-,24?,25+/m1/s1. The maximum Gasteiger partial charge on any atom is 0.220 e. The maximum absolute atomic E-state index is 13.1. The summed E-state index contributed by atoms with van der Waals surface area (Å²) >= 11 is 0. The molecule has 2 N–H and O–H groups in total. The molecule has 5 nitrogen and oxygen atoms in total. The SMILES string of the molecule is O=C(C[C@@H]1CC[C@H](O)C1)NC1CCC(CCN2CCC(C(=O)c3ccc(F)cc3)CC2)CC1. The molecule has 2 saturated carbocycles. The molecule has 2 atom stereocenters. The molecule has 0 unspecified atom stereocenters. The van der Waals surface area contributed by atoms with E-state index >= 15 is 0 Å². The first-order chi connectivity index (χ1) is 16.0.